The van der Waals surface area contributed by atoms with Gasteiger partial charge in [-0.15, -0.1) is 0 Å². The zero-order valence-electron chi connectivity index (χ0n) is 7.81. The van der Waals surface area contributed by atoms with Crippen LogP contribution in [0.2, 0.25) is 0 Å². The lowest BCUT2D eigenvalue weighted by atomic mass is 9.99. The van der Waals surface area contributed by atoms with Crippen molar-refractivity contribution in [3.63, 3.8) is 0 Å². The van der Waals surface area contributed by atoms with Crippen molar-refractivity contribution in [3.8, 4) is 0 Å². The summed E-state index contributed by atoms with van der Waals surface area (Å²) in [6, 6.07) is -0.269. The van der Waals surface area contributed by atoms with E-state index in [2.05, 4.69) is 15.6 Å². The Morgan fingerprint density at radius 2 is 2.08 bits per heavy atom. The van der Waals surface area contributed by atoms with Crippen LogP contribution in [0.15, 0.2) is 0 Å². The van der Waals surface area contributed by atoms with E-state index in [0.717, 1.165) is 0 Å². The molecular weight excluding hydrogens is 156 g/mol. The minimum absolute atomic E-state index is 0.109. The Labute approximate surface area is 72.6 Å². The van der Waals surface area contributed by atoms with Crippen molar-refractivity contribution in [1.82, 2.24) is 10.8 Å². The summed E-state index contributed by atoms with van der Waals surface area (Å²) in [6.07, 6.45) is 2.42. The molecule has 0 spiro atoms. The molecule has 0 atom stereocenters. The van der Waals surface area contributed by atoms with Gasteiger partial charge in [0.15, 0.2) is 0 Å². The van der Waals surface area contributed by atoms with Gasteiger partial charge in [-0.05, 0) is 32.6 Å². The first-order valence-electron chi connectivity index (χ1n) is 4.17. The van der Waals surface area contributed by atoms with Gasteiger partial charge in [0.1, 0.15) is 0 Å². The lowest BCUT2D eigenvalue weighted by molar-refractivity contribution is 0.102. The first-order chi connectivity index (χ1) is 5.56. The Morgan fingerprint density at radius 3 is 2.50 bits per heavy atom. The van der Waals surface area contributed by atoms with Gasteiger partial charge < -0.3 is 5.32 Å². The summed E-state index contributed by atoms with van der Waals surface area (Å²) in [5.41, 5.74) is 2.13. The SMILES string of the molecule is CONC(=O)NC(C)(C)C1CC1. The maximum atomic E-state index is 11.0. The number of hydroxylamine groups is 1. The number of hydrogen-bond donors (Lipinski definition) is 2. The number of nitrogens with one attached hydrogen (secondary N) is 2. The molecule has 0 aromatic heterocycles. The van der Waals surface area contributed by atoms with Crippen molar-refractivity contribution in [2.45, 2.75) is 32.2 Å². The Kier molecular flexibility index (Phi) is 2.57. The predicted molar refractivity (Wildman–Crippen MR) is 45.5 cm³/mol. The van der Waals surface area contributed by atoms with Crippen LogP contribution < -0.4 is 10.8 Å². The van der Waals surface area contributed by atoms with Crippen molar-refractivity contribution in [2.75, 3.05) is 7.11 Å². The van der Waals surface area contributed by atoms with Crippen molar-refractivity contribution in [2.24, 2.45) is 5.92 Å². The van der Waals surface area contributed by atoms with Crippen LogP contribution in [-0.4, -0.2) is 18.7 Å². The van der Waals surface area contributed by atoms with Crippen LogP contribution >= 0.6 is 0 Å². The van der Waals surface area contributed by atoms with E-state index in [1.165, 1.54) is 20.0 Å². The second kappa shape index (κ2) is 3.31. The maximum absolute atomic E-state index is 11.0. The average molecular weight is 172 g/mol. The van der Waals surface area contributed by atoms with Crippen LogP contribution in [0.1, 0.15) is 26.7 Å². The Bertz CT molecular complexity index is 176. The molecule has 2 amide bonds. The lowest BCUT2D eigenvalue weighted by Crippen LogP contribution is -2.49. The van der Waals surface area contributed by atoms with Crippen molar-refractivity contribution < 1.29 is 9.63 Å². The summed E-state index contributed by atoms with van der Waals surface area (Å²) in [7, 11) is 1.42. The van der Waals surface area contributed by atoms with Gasteiger partial charge in [-0.2, -0.15) is 0 Å². The fourth-order valence-electron chi connectivity index (χ4n) is 1.32. The molecule has 4 heteroatoms. The molecule has 0 saturated heterocycles. The molecule has 1 aliphatic rings. The van der Waals surface area contributed by atoms with Crippen molar-refractivity contribution >= 4 is 6.03 Å². The number of hydrogen-bond acceptors (Lipinski definition) is 2. The molecule has 2 N–H and O–H groups in total. The van der Waals surface area contributed by atoms with Gasteiger partial charge in [-0.1, -0.05) is 0 Å². The van der Waals surface area contributed by atoms with E-state index in [0.29, 0.717) is 5.92 Å². The summed E-state index contributed by atoms with van der Waals surface area (Å²) in [5.74, 6) is 0.625. The molecule has 0 radical (unpaired) electrons. The summed E-state index contributed by atoms with van der Waals surface area (Å²) in [6.45, 7) is 4.06. The van der Waals surface area contributed by atoms with E-state index in [9.17, 15) is 4.79 Å². The van der Waals surface area contributed by atoms with Crippen LogP contribution in [0.5, 0.6) is 0 Å². The summed E-state index contributed by atoms with van der Waals surface area (Å²) < 4.78 is 0. The summed E-state index contributed by atoms with van der Waals surface area (Å²) in [5, 5.41) is 2.84. The Balaban J connectivity index is 2.32. The average Bonchev–Trinajstić information content (AvgIpc) is 2.65. The molecule has 0 aromatic carbocycles. The third-order valence-corrected chi connectivity index (χ3v) is 2.23. The number of rotatable bonds is 3. The highest BCUT2D eigenvalue weighted by atomic mass is 16.6. The van der Waals surface area contributed by atoms with E-state index in [-0.39, 0.29) is 11.6 Å². The molecule has 0 heterocycles. The van der Waals surface area contributed by atoms with E-state index in [1.807, 2.05) is 13.8 Å². The second-order valence-corrected chi connectivity index (χ2v) is 3.76. The summed E-state index contributed by atoms with van der Waals surface area (Å²) >= 11 is 0. The molecule has 1 aliphatic carbocycles. The van der Waals surface area contributed by atoms with Crippen molar-refractivity contribution in [3.05, 3.63) is 0 Å². The number of urea groups is 1. The van der Waals surface area contributed by atoms with Gasteiger partial charge in [-0.3, -0.25) is 4.84 Å². The van der Waals surface area contributed by atoms with E-state index >= 15 is 0 Å². The smallest absolute Gasteiger partial charge is 0.331 e. The quantitative estimate of drug-likeness (QED) is 0.625. The van der Waals surface area contributed by atoms with Crippen molar-refractivity contribution in [1.29, 1.82) is 0 Å². The van der Waals surface area contributed by atoms with Crippen LogP contribution in [0.4, 0.5) is 4.79 Å². The van der Waals surface area contributed by atoms with Gasteiger partial charge in [0, 0.05) is 5.54 Å². The van der Waals surface area contributed by atoms with Crippen LogP contribution in [0.25, 0.3) is 0 Å². The summed E-state index contributed by atoms with van der Waals surface area (Å²) in [4.78, 5) is 15.5. The molecule has 70 valence electrons. The topological polar surface area (TPSA) is 50.4 Å². The predicted octanol–water partition coefficient (Wildman–Crippen LogP) is 1.04. The van der Waals surface area contributed by atoms with E-state index in [4.69, 9.17) is 0 Å². The Morgan fingerprint density at radius 1 is 1.50 bits per heavy atom. The molecule has 1 rings (SSSR count). The standard InChI is InChI=1S/C8H16N2O2/c1-8(2,6-4-5-6)9-7(11)10-12-3/h6H,4-5H2,1-3H3,(H2,9,10,11). The fourth-order valence-corrected chi connectivity index (χ4v) is 1.32. The third-order valence-electron chi connectivity index (χ3n) is 2.23. The second-order valence-electron chi connectivity index (χ2n) is 3.76. The first-order valence-corrected chi connectivity index (χ1v) is 4.17. The Hall–Kier alpha value is -0.770. The largest absolute Gasteiger partial charge is 0.339 e. The van der Waals surface area contributed by atoms with Crippen LogP contribution in [-0.2, 0) is 4.84 Å². The first kappa shape index (κ1) is 9.32. The van der Waals surface area contributed by atoms with Crippen LogP contribution in [0.3, 0.4) is 0 Å². The van der Waals surface area contributed by atoms with Gasteiger partial charge in [0.05, 0.1) is 7.11 Å². The molecule has 12 heavy (non-hydrogen) atoms. The van der Waals surface area contributed by atoms with Gasteiger partial charge >= 0.3 is 6.03 Å². The highest BCUT2D eigenvalue weighted by molar-refractivity contribution is 5.73. The normalized spacial score (nSPS) is 17.2. The molecule has 4 nitrogen and oxygen atoms in total. The van der Waals surface area contributed by atoms with E-state index < -0.39 is 0 Å². The van der Waals surface area contributed by atoms with Gasteiger partial charge in [-0.25, -0.2) is 10.3 Å². The molecule has 1 fully saturated rings. The molecular formula is C8H16N2O2. The highest BCUT2D eigenvalue weighted by Gasteiger charge is 2.38. The zero-order valence-corrected chi connectivity index (χ0v) is 7.81. The zero-order chi connectivity index (χ0) is 9.19. The number of amides is 2. The highest BCUT2D eigenvalue weighted by Crippen LogP contribution is 2.38. The number of carbonyl (C=O) groups excluding carboxylic acids is 1. The number of carbonyl (C=O) groups is 1. The molecule has 0 bridgehead atoms. The van der Waals surface area contributed by atoms with Gasteiger partial charge in [0.2, 0.25) is 0 Å². The third kappa shape index (κ3) is 2.37. The molecule has 0 unspecified atom stereocenters. The minimum Gasteiger partial charge on any atom is -0.331 e. The minimum atomic E-state index is -0.269. The molecule has 0 aliphatic heterocycles. The molecule has 0 aromatic rings. The monoisotopic (exact) mass is 172 g/mol. The lowest BCUT2D eigenvalue weighted by Gasteiger charge is -2.25. The van der Waals surface area contributed by atoms with E-state index in [1.54, 1.807) is 0 Å². The fraction of sp³-hybridized carbons (Fsp3) is 0.875. The molecule has 1 saturated carbocycles. The van der Waals surface area contributed by atoms with Gasteiger partial charge in [0.25, 0.3) is 0 Å². The van der Waals surface area contributed by atoms with Crippen LogP contribution in [0, 0.1) is 5.92 Å². The maximum Gasteiger partial charge on any atom is 0.339 e.